The summed E-state index contributed by atoms with van der Waals surface area (Å²) in [5, 5.41) is 12.2. The molecule has 20 heavy (non-hydrogen) atoms. The Morgan fingerprint density at radius 3 is 2.60 bits per heavy atom. The van der Waals surface area contributed by atoms with Gasteiger partial charge in [0.2, 0.25) is 0 Å². The standard InChI is InChI=1S/C15H10ClN3O/c16-13-6-4-11(5-7-13)9-12(10-17)15(20)19-14-3-1-2-8-18-14/h1-9H,(H,18,19,20). The van der Waals surface area contributed by atoms with E-state index in [4.69, 9.17) is 16.9 Å². The molecule has 0 aliphatic rings. The summed E-state index contributed by atoms with van der Waals surface area (Å²) >= 11 is 5.78. The van der Waals surface area contributed by atoms with Gasteiger partial charge in [0.05, 0.1) is 0 Å². The lowest BCUT2D eigenvalue weighted by molar-refractivity contribution is -0.112. The molecule has 0 spiro atoms. The van der Waals surface area contributed by atoms with Crippen LogP contribution in [0.3, 0.4) is 0 Å². The summed E-state index contributed by atoms with van der Waals surface area (Å²) in [5.74, 6) is -0.101. The van der Waals surface area contributed by atoms with E-state index in [0.717, 1.165) is 5.56 Å². The molecule has 1 amide bonds. The minimum atomic E-state index is -0.499. The maximum absolute atomic E-state index is 11.9. The Morgan fingerprint density at radius 2 is 2.00 bits per heavy atom. The van der Waals surface area contributed by atoms with Crippen LogP contribution >= 0.6 is 11.6 Å². The maximum Gasteiger partial charge on any atom is 0.267 e. The molecule has 5 heteroatoms. The number of nitriles is 1. The van der Waals surface area contributed by atoms with Crippen LogP contribution in [0.2, 0.25) is 5.02 Å². The number of benzene rings is 1. The van der Waals surface area contributed by atoms with E-state index < -0.39 is 5.91 Å². The summed E-state index contributed by atoms with van der Waals surface area (Å²) in [6.45, 7) is 0. The van der Waals surface area contributed by atoms with Crippen molar-refractivity contribution in [1.82, 2.24) is 4.98 Å². The van der Waals surface area contributed by atoms with Crippen LogP contribution in [0.4, 0.5) is 5.82 Å². The van der Waals surface area contributed by atoms with Crippen LogP contribution in [0.1, 0.15) is 5.56 Å². The molecule has 1 N–H and O–H groups in total. The predicted octanol–water partition coefficient (Wildman–Crippen LogP) is 3.28. The van der Waals surface area contributed by atoms with Crippen molar-refractivity contribution in [3.8, 4) is 6.07 Å². The SMILES string of the molecule is N#CC(=Cc1ccc(Cl)cc1)C(=O)Nc1ccccn1. The predicted molar refractivity (Wildman–Crippen MR) is 77.9 cm³/mol. The molecule has 0 saturated heterocycles. The highest BCUT2D eigenvalue weighted by Gasteiger charge is 2.09. The molecule has 2 rings (SSSR count). The number of amides is 1. The molecule has 0 bridgehead atoms. The third kappa shape index (κ3) is 3.67. The van der Waals surface area contributed by atoms with Gasteiger partial charge < -0.3 is 5.32 Å². The summed E-state index contributed by atoms with van der Waals surface area (Å²) in [4.78, 5) is 15.9. The van der Waals surface area contributed by atoms with Crippen LogP contribution in [0.5, 0.6) is 0 Å². The van der Waals surface area contributed by atoms with Crippen molar-refractivity contribution in [3.63, 3.8) is 0 Å². The summed E-state index contributed by atoms with van der Waals surface area (Å²) in [5.41, 5.74) is 0.722. The molecule has 1 heterocycles. The fourth-order valence-electron chi connectivity index (χ4n) is 1.49. The van der Waals surface area contributed by atoms with Crippen molar-refractivity contribution in [1.29, 1.82) is 5.26 Å². The first-order valence-electron chi connectivity index (χ1n) is 5.79. The van der Waals surface area contributed by atoms with Gasteiger partial charge in [0, 0.05) is 11.2 Å². The number of halogens is 1. The van der Waals surface area contributed by atoms with E-state index in [1.54, 1.807) is 48.7 Å². The van der Waals surface area contributed by atoms with E-state index in [0.29, 0.717) is 10.8 Å². The molecule has 0 fully saturated rings. The van der Waals surface area contributed by atoms with Crippen LogP contribution < -0.4 is 5.32 Å². The van der Waals surface area contributed by atoms with Crippen LogP contribution in [-0.4, -0.2) is 10.9 Å². The molecule has 2 aromatic rings. The van der Waals surface area contributed by atoms with Gasteiger partial charge in [-0.1, -0.05) is 29.8 Å². The highest BCUT2D eigenvalue weighted by Crippen LogP contribution is 2.13. The van der Waals surface area contributed by atoms with Crippen molar-refractivity contribution < 1.29 is 4.79 Å². The third-order valence-electron chi connectivity index (χ3n) is 2.45. The molecule has 4 nitrogen and oxygen atoms in total. The first-order chi connectivity index (χ1) is 9.69. The monoisotopic (exact) mass is 283 g/mol. The van der Waals surface area contributed by atoms with Crippen LogP contribution in [-0.2, 0) is 4.79 Å². The average molecular weight is 284 g/mol. The number of rotatable bonds is 3. The molecule has 98 valence electrons. The second-order valence-corrected chi connectivity index (χ2v) is 4.33. The third-order valence-corrected chi connectivity index (χ3v) is 2.70. The van der Waals surface area contributed by atoms with E-state index in [9.17, 15) is 4.79 Å². The fourth-order valence-corrected chi connectivity index (χ4v) is 1.62. The minimum absolute atomic E-state index is 0.00187. The molecule has 0 saturated carbocycles. The molecular weight excluding hydrogens is 274 g/mol. The van der Waals surface area contributed by atoms with Crippen molar-refractivity contribution in [2.24, 2.45) is 0 Å². The Morgan fingerprint density at radius 1 is 1.25 bits per heavy atom. The van der Waals surface area contributed by atoms with Crippen LogP contribution in [0, 0.1) is 11.3 Å². The van der Waals surface area contributed by atoms with Crippen LogP contribution in [0.15, 0.2) is 54.2 Å². The topological polar surface area (TPSA) is 65.8 Å². The number of carbonyl (C=O) groups excluding carboxylic acids is 1. The lowest BCUT2D eigenvalue weighted by atomic mass is 10.1. The van der Waals surface area contributed by atoms with E-state index in [2.05, 4.69) is 10.3 Å². The highest BCUT2D eigenvalue weighted by atomic mass is 35.5. The van der Waals surface area contributed by atoms with Crippen molar-refractivity contribution in [2.45, 2.75) is 0 Å². The molecule has 0 radical (unpaired) electrons. The molecule has 1 aromatic heterocycles. The van der Waals surface area contributed by atoms with Crippen molar-refractivity contribution in [3.05, 3.63) is 64.8 Å². The normalized spacial score (nSPS) is 10.7. The zero-order chi connectivity index (χ0) is 14.4. The van der Waals surface area contributed by atoms with Crippen molar-refractivity contribution >= 4 is 29.4 Å². The molecule has 1 aromatic carbocycles. The lowest BCUT2D eigenvalue weighted by Crippen LogP contribution is -2.14. The highest BCUT2D eigenvalue weighted by molar-refractivity contribution is 6.30. The average Bonchev–Trinajstić information content (AvgIpc) is 2.47. The fraction of sp³-hybridized carbons (Fsp3) is 0. The Hall–Kier alpha value is -2.64. The van der Waals surface area contributed by atoms with Gasteiger partial charge >= 0.3 is 0 Å². The number of aromatic nitrogens is 1. The Labute approximate surface area is 121 Å². The lowest BCUT2D eigenvalue weighted by Gasteiger charge is -2.02. The molecule has 0 aliphatic heterocycles. The van der Waals surface area contributed by atoms with Gasteiger partial charge in [0.1, 0.15) is 17.5 Å². The van der Waals surface area contributed by atoms with E-state index in [1.807, 2.05) is 6.07 Å². The van der Waals surface area contributed by atoms with E-state index >= 15 is 0 Å². The first-order valence-corrected chi connectivity index (χ1v) is 6.16. The number of pyridine rings is 1. The van der Waals surface area contributed by atoms with Gasteiger partial charge in [-0.05, 0) is 35.9 Å². The van der Waals surface area contributed by atoms with Crippen LogP contribution in [0.25, 0.3) is 6.08 Å². The maximum atomic E-state index is 11.9. The molecule has 0 unspecified atom stereocenters. The van der Waals surface area contributed by atoms with Gasteiger partial charge in [0.25, 0.3) is 5.91 Å². The largest absolute Gasteiger partial charge is 0.306 e. The molecular formula is C15H10ClN3O. The van der Waals surface area contributed by atoms with Gasteiger partial charge in [-0.2, -0.15) is 5.26 Å². The van der Waals surface area contributed by atoms with Crippen molar-refractivity contribution in [2.75, 3.05) is 5.32 Å². The smallest absolute Gasteiger partial charge is 0.267 e. The van der Waals surface area contributed by atoms with Gasteiger partial charge in [-0.25, -0.2) is 4.98 Å². The number of hydrogen-bond donors (Lipinski definition) is 1. The summed E-state index contributed by atoms with van der Waals surface area (Å²) in [7, 11) is 0. The van der Waals surface area contributed by atoms with Gasteiger partial charge in [-0.3, -0.25) is 4.79 Å². The molecule has 0 aliphatic carbocycles. The first kappa shape index (κ1) is 13.8. The summed E-state index contributed by atoms with van der Waals surface area (Å²) < 4.78 is 0. The second kappa shape index (κ2) is 6.50. The number of hydrogen-bond acceptors (Lipinski definition) is 3. The van der Waals surface area contributed by atoms with Gasteiger partial charge in [-0.15, -0.1) is 0 Å². The second-order valence-electron chi connectivity index (χ2n) is 3.89. The molecule has 0 atom stereocenters. The number of anilines is 1. The number of carbonyl (C=O) groups is 1. The van der Waals surface area contributed by atoms with E-state index in [1.165, 1.54) is 6.08 Å². The van der Waals surface area contributed by atoms with Gasteiger partial charge in [0.15, 0.2) is 0 Å². The van der Waals surface area contributed by atoms with E-state index in [-0.39, 0.29) is 5.57 Å². The Bertz CT molecular complexity index is 673. The Balaban J connectivity index is 2.18. The minimum Gasteiger partial charge on any atom is -0.306 e. The zero-order valence-electron chi connectivity index (χ0n) is 10.4. The summed E-state index contributed by atoms with van der Waals surface area (Å²) in [6.07, 6.45) is 3.05. The Kier molecular flexibility index (Phi) is 4.48. The summed E-state index contributed by atoms with van der Waals surface area (Å²) in [6, 6.07) is 13.9. The quantitative estimate of drug-likeness (QED) is 0.694. The zero-order valence-corrected chi connectivity index (χ0v) is 11.1. The number of nitrogens with zero attached hydrogens (tertiary/aromatic N) is 2. The number of nitrogens with one attached hydrogen (secondary N) is 1.